The smallest absolute Gasteiger partial charge is 0.132 e. The molecular weight excluding hydrogens is 436 g/mol. The Kier molecular flexibility index (Phi) is 32.4. The van der Waals surface area contributed by atoms with Crippen LogP contribution in [0.2, 0.25) is 0 Å². The van der Waals surface area contributed by atoms with Crippen molar-refractivity contribution in [2.45, 2.75) is 219 Å². The van der Waals surface area contributed by atoms with E-state index in [-0.39, 0.29) is 0 Å². The Balaban J connectivity index is 0.000000557. The van der Waals surface area contributed by atoms with E-state index >= 15 is 0 Å². The first-order chi connectivity index (χ1) is 17.8. The lowest BCUT2D eigenvalue weighted by Gasteiger charge is -2.05. The van der Waals surface area contributed by atoms with Crippen LogP contribution in [-0.2, 0) is 4.79 Å². The Morgan fingerprint density at radius 1 is 0.333 bits per heavy atom. The Bertz CT molecular complexity index is 356. The van der Waals surface area contributed by atoms with Crippen molar-refractivity contribution < 1.29 is 4.79 Å². The largest absolute Gasteiger partial charge is 0.300 e. The van der Waals surface area contributed by atoms with Crippen LogP contribution in [0, 0.1) is 0 Å². The van der Waals surface area contributed by atoms with E-state index in [1.807, 2.05) is 0 Å². The van der Waals surface area contributed by atoms with Gasteiger partial charge < -0.3 is 0 Å². The summed E-state index contributed by atoms with van der Waals surface area (Å²) in [4.78, 5) is 11.5. The van der Waals surface area contributed by atoms with Crippen LogP contribution in [0.15, 0.2) is 0 Å². The third-order valence-corrected chi connectivity index (χ3v) is 8.12. The first-order valence-electron chi connectivity index (χ1n) is 17.3. The van der Waals surface area contributed by atoms with Crippen LogP contribution in [0.4, 0.5) is 0 Å². The van der Waals surface area contributed by atoms with E-state index < -0.39 is 0 Å². The van der Waals surface area contributed by atoms with Crippen LogP contribution in [0.1, 0.15) is 219 Å². The predicted octanol–water partition coefficient (Wildman–Crippen LogP) is 13.1. The highest BCUT2D eigenvalue weighted by atomic mass is 16.1. The summed E-state index contributed by atoms with van der Waals surface area (Å²) >= 11 is 0. The second kappa shape index (κ2) is 32.7. The lowest BCUT2D eigenvalue weighted by atomic mass is 10.0. The Labute approximate surface area is 229 Å². The molecule has 0 amide bonds. The molecule has 2 aliphatic carbocycles. The molecule has 2 aliphatic rings. The van der Waals surface area contributed by atoms with Gasteiger partial charge in [-0.25, -0.2) is 0 Å². The van der Waals surface area contributed by atoms with E-state index in [1.54, 1.807) is 0 Å². The van der Waals surface area contributed by atoms with Crippen LogP contribution in [-0.4, -0.2) is 5.78 Å². The summed E-state index contributed by atoms with van der Waals surface area (Å²) in [5.74, 6) is 0.509. The number of unbranched alkanes of at least 4 members (excludes halogenated alkanes) is 11. The molecule has 0 saturated heterocycles. The van der Waals surface area contributed by atoms with E-state index in [9.17, 15) is 4.79 Å². The van der Waals surface area contributed by atoms with Crippen molar-refractivity contribution in [3.63, 3.8) is 0 Å². The van der Waals surface area contributed by atoms with E-state index in [0.717, 1.165) is 25.7 Å². The predicted molar refractivity (Wildman–Crippen MR) is 164 cm³/mol. The first kappa shape index (κ1) is 35.7. The summed E-state index contributed by atoms with van der Waals surface area (Å²) in [6.07, 6.45) is 44.1. The summed E-state index contributed by atoms with van der Waals surface area (Å²) in [6, 6.07) is 0. The molecule has 0 bridgehead atoms. The van der Waals surface area contributed by atoms with Gasteiger partial charge in [-0.3, -0.25) is 4.79 Å². The first-order valence-corrected chi connectivity index (χ1v) is 17.3. The van der Waals surface area contributed by atoms with Crippen molar-refractivity contribution in [3.05, 3.63) is 0 Å². The highest BCUT2D eigenvalue weighted by Crippen LogP contribution is 2.16. The second-order valence-electron chi connectivity index (χ2n) is 11.9. The molecule has 0 heterocycles. The minimum Gasteiger partial charge on any atom is -0.300 e. The van der Waals surface area contributed by atoms with Crippen LogP contribution >= 0.6 is 0 Å². The number of ketones is 1. The molecule has 2 rings (SSSR count). The van der Waals surface area contributed by atoms with Gasteiger partial charge in [-0.2, -0.15) is 0 Å². The quantitative estimate of drug-likeness (QED) is 0.255. The van der Waals surface area contributed by atoms with Crippen LogP contribution in [0.3, 0.4) is 0 Å². The van der Waals surface area contributed by atoms with Crippen LogP contribution < -0.4 is 0 Å². The minimum atomic E-state index is 0.509. The number of hydrogen-bond acceptors (Lipinski definition) is 1. The van der Waals surface area contributed by atoms with Gasteiger partial charge in [0.2, 0.25) is 0 Å². The van der Waals surface area contributed by atoms with Gasteiger partial charge in [-0.15, -0.1) is 0 Å². The molecule has 1 heteroatoms. The topological polar surface area (TPSA) is 17.1 Å². The zero-order valence-electron chi connectivity index (χ0n) is 25.5. The molecule has 2 saturated carbocycles. The third-order valence-electron chi connectivity index (χ3n) is 8.12. The fourth-order valence-electron chi connectivity index (χ4n) is 5.51. The van der Waals surface area contributed by atoms with Crippen molar-refractivity contribution in [2.75, 3.05) is 0 Å². The molecule has 216 valence electrons. The van der Waals surface area contributed by atoms with Crippen molar-refractivity contribution in [1.29, 1.82) is 0 Å². The number of rotatable bonds is 11. The average Bonchev–Trinajstić information content (AvgIpc) is 2.92. The molecule has 0 aliphatic heterocycles. The van der Waals surface area contributed by atoms with E-state index in [4.69, 9.17) is 0 Å². The Hall–Kier alpha value is -0.330. The van der Waals surface area contributed by atoms with Gasteiger partial charge in [0, 0.05) is 12.8 Å². The van der Waals surface area contributed by atoms with Gasteiger partial charge in [0.05, 0.1) is 0 Å². The zero-order valence-corrected chi connectivity index (χ0v) is 25.5. The summed E-state index contributed by atoms with van der Waals surface area (Å²) in [6.45, 7) is 4.57. The summed E-state index contributed by atoms with van der Waals surface area (Å²) in [5.41, 5.74) is 0. The number of carbonyl (C=O) groups is 1. The maximum absolute atomic E-state index is 11.5. The normalized spacial score (nSPS) is 18.6. The Morgan fingerprint density at radius 3 is 0.750 bits per heavy atom. The molecule has 0 aromatic carbocycles. The zero-order chi connectivity index (χ0) is 26.2. The molecule has 0 aromatic heterocycles. The standard InChI is InChI=1S/C15H28O.C14H30.C6H12/c16-15-13-11-9-7-5-3-1-2-4-6-8-10-12-14-15;1-3-5-7-9-11-13-14-12-10-8-6-4-2;1-2-4-6-5-3-1/h1-14H2;3-14H2,1-2H3;1-6H2. The third kappa shape index (κ3) is 31.7. The number of hydrogen-bond donors (Lipinski definition) is 0. The maximum atomic E-state index is 11.5. The average molecular weight is 507 g/mol. The summed E-state index contributed by atoms with van der Waals surface area (Å²) < 4.78 is 0. The fourth-order valence-corrected chi connectivity index (χ4v) is 5.51. The summed E-state index contributed by atoms with van der Waals surface area (Å²) in [7, 11) is 0. The van der Waals surface area contributed by atoms with E-state index in [0.29, 0.717) is 5.78 Å². The molecule has 1 nitrogen and oxygen atoms in total. The van der Waals surface area contributed by atoms with Gasteiger partial charge in [0.15, 0.2) is 0 Å². The minimum absolute atomic E-state index is 0.509. The van der Waals surface area contributed by atoms with Crippen LogP contribution in [0.25, 0.3) is 0 Å². The van der Waals surface area contributed by atoms with Crippen molar-refractivity contribution in [1.82, 2.24) is 0 Å². The maximum Gasteiger partial charge on any atom is 0.132 e. The van der Waals surface area contributed by atoms with Gasteiger partial charge in [-0.1, -0.05) is 194 Å². The van der Waals surface area contributed by atoms with Crippen molar-refractivity contribution in [2.24, 2.45) is 0 Å². The molecule has 0 spiro atoms. The molecule has 0 unspecified atom stereocenters. The number of Topliss-reactive ketones (excluding diaryl/α,β-unsaturated/α-hetero) is 1. The molecule has 0 atom stereocenters. The molecule has 0 N–H and O–H groups in total. The summed E-state index contributed by atoms with van der Waals surface area (Å²) in [5, 5.41) is 0. The number of carbonyl (C=O) groups excluding carboxylic acids is 1. The van der Waals surface area contributed by atoms with Crippen LogP contribution in [0.5, 0.6) is 0 Å². The molecule has 2 fully saturated rings. The Morgan fingerprint density at radius 2 is 0.528 bits per heavy atom. The molecule has 36 heavy (non-hydrogen) atoms. The monoisotopic (exact) mass is 507 g/mol. The van der Waals surface area contributed by atoms with Gasteiger partial charge >= 0.3 is 0 Å². The highest BCUT2D eigenvalue weighted by molar-refractivity contribution is 5.78. The van der Waals surface area contributed by atoms with Gasteiger partial charge in [0.25, 0.3) is 0 Å². The van der Waals surface area contributed by atoms with Gasteiger partial charge in [0.1, 0.15) is 5.78 Å². The fraction of sp³-hybridized carbons (Fsp3) is 0.971. The molecule has 0 radical (unpaired) electrons. The SMILES string of the molecule is C1CCCCC1.CCCCCCCCCCCCCC.O=C1CCCCCCCCCCCCCC1. The van der Waals surface area contributed by atoms with E-state index in [1.165, 1.54) is 180 Å². The molecular formula is C35H70O. The van der Waals surface area contributed by atoms with Crippen molar-refractivity contribution in [3.8, 4) is 0 Å². The lowest BCUT2D eigenvalue weighted by molar-refractivity contribution is -0.119. The van der Waals surface area contributed by atoms with Gasteiger partial charge in [-0.05, 0) is 12.8 Å². The second-order valence-corrected chi connectivity index (χ2v) is 11.9. The highest BCUT2D eigenvalue weighted by Gasteiger charge is 2.02. The lowest BCUT2D eigenvalue weighted by Crippen LogP contribution is -1.97. The van der Waals surface area contributed by atoms with Crippen molar-refractivity contribution >= 4 is 5.78 Å². The van der Waals surface area contributed by atoms with E-state index in [2.05, 4.69) is 13.8 Å². The molecule has 0 aromatic rings.